The topological polar surface area (TPSA) is 134 Å². The van der Waals surface area contributed by atoms with Crippen LogP contribution >= 0.6 is 11.3 Å². The van der Waals surface area contributed by atoms with Gasteiger partial charge in [-0.05, 0) is 50.2 Å². The number of carbonyl (C=O) groups is 1. The van der Waals surface area contributed by atoms with Crippen LogP contribution in [0.4, 0.5) is 0 Å². The normalized spacial score (nSPS) is 16.0. The van der Waals surface area contributed by atoms with Crippen LogP contribution in [-0.4, -0.2) is 39.5 Å². The lowest BCUT2D eigenvalue weighted by molar-refractivity contribution is -0.132. The van der Waals surface area contributed by atoms with Gasteiger partial charge in [-0.1, -0.05) is 0 Å². The van der Waals surface area contributed by atoms with Crippen molar-refractivity contribution in [2.24, 2.45) is 0 Å². The quantitative estimate of drug-likeness (QED) is 0.332. The molecule has 0 saturated carbocycles. The van der Waals surface area contributed by atoms with E-state index in [1.54, 1.807) is 43.3 Å². The molecule has 10 nitrogen and oxygen atoms in total. The van der Waals surface area contributed by atoms with Crippen molar-refractivity contribution in [3.05, 3.63) is 62.8 Å². The van der Waals surface area contributed by atoms with Gasteiger partial charge in [0.1, 0.15) is 27.9 Å². The second-order valence-electron chi connectivity index (χ2n) is 8.76. The molecule has 0 aliphatic carbocycles. The summed E-state index contributed by atoms with van der Waals surface area (Å²) in [6.07, 6.45) is 0. The predicted octanol–water partition coefficient (Wildman–Crippen LogP) is 3.96. The largest absolute Gasteiger partial charge is 0.488 e. The Hall–Kier alpha value is -3.45. The minimum absolute atomic E-state index is 0.150. The van der Waals surface area contributed by atoms with Gasteiger partial charge in [0, 0.05) is 35.8 Å². The van der Waals surface area contributed by atoms with Crippen molar-refractivity contribution in [2.45, 2.75) is 37.0 Å². The number of benzene rings is 1. The number of fused-ring (bicyclic) bond motifs is 1. The molecule has 1 aromatic carbocycles. The summed E-state index contributed by atoms with van der Waals surface area (Å²) in [4.78, 5) is 24.6. The third-order valence-corrected chi connectivity index (χ3v) is 9.51. The number of hydrogen-bond acceptors (Lipinski definition) is 11. The summed E-state index contributed by atoms with van der Waals surface area (Å²) in [5.74, 6) is 0.614. The third kappa shape index (κ3) is 5.12. The summed E-state index contributed by atoms with van der Waals surface area (Å²) in [6.45, 7) is 5.88. The Bertz CT molecular complexity index is 1670. The standard InChI is InChI=1S/C26H25NO9S2/c1-14-24(34-16(3)28)15(2)26(29)36-25(14)21-11-17-10-18(4-6-20(17)35-21)33-13-19-5-7-23(37-19)38(30,31)22-12-27-8-9-32-22/h4-7,10-11,22,27H,8-9,12-13H2,1-3H3. The zero-order chi connectivity index (χ0) is 27.0. The number of ether oxygens (including phenoxy) is 3. The number of rotatable bonds is 7. The molecule has 0 bridgehead atoms. The van der Waals surface area contributed by atoms with Crippen LogP contribution in [0.5, 0.6) is 11.5 Å². The lowest BCUT2D eigenvalue weighted by Gasteiger charge is -2.22. The van der Waals surface area contributed by atoms with Crippen molar-refractivity contribution < 1.29 is 36.3 Å². The minimum atomic E-state index is -3.59. The maximum Gasteiger partial charge on any atom is 0.343 e. The summed E-state index contributed by atoms with van der Waals surface area (Å²) in [5, 5.41) is 3.74. The fraction of sp³-hybridized carbons (Fsp3) is 0.308. The molecule has 1 aliphatic heterocycles. The second-order valence-corrected chi connectivity index (χ2v) is 12.2. The van der Waals surface area contributed by atoms with E-state index < -0.39 is 26.9 Å². The molecule has 1 fully saturated rings. The SMILES string of the molecule is CC(=O)Oc1c(C)c(-c2cc3cc(OCc4ccc(S(=O)(=O)C5CNCCO5)s4)ccc3o2)oc(=O)c1C. The summed E-state index contributed by atoms with van der Waals surface area (Å²) >= 11 is 1.15. The highest BCUT2D eigenvalue weighted by Crippen LogP contribution is 2.35. The molecule has 4 heterocycles. The van der Waals surface area contributed by atoms with Gasteiger partial charge in [0.15, 0.2) is 17.0 Å². The first-order valence-corrected chi connectivity index (χ1v) is 14.1. The molecule has 1 unspecified atom stereocenters. The molecule has 0 amide bonds. The lowest BCUT2D eigenvalue weighted by atomic mass is 10.1. The predicted molar refractivity (Wildman–Crippen MR) is 139 cm³/mol. The van der Waals surface area contributed by atoms with Gasteiger partial charge in [0.05, 0.1) is 12.2 Å². The highest BCUT2D eigenvalue weighted by atomic mass is 32.2. The van der Waals surface area contributed by atoms with Gasteiger partial charge in [0.25, 0.3) is 0 Å². The van der Waals surface area contributed by atoms with Crippen molar-refractivity contribution >= 4 is 38.1 Å². The lowest BCUT2D eigenvalue weighted by Crippen LogP contribution is -2.42. The molecule has 1 atom stereocenters. The molecule has 0 spiro atoms. The molecule has 4 aromatic rings. The number of esters is 1. The summed E-state index contributed by atoms with van der Waals surface area (Å²) in [6, 6.07) is 10.2. The van der Waals surface area contributed by atoms with Crippen LogP contribution in [0.3, 0.4) is 0 Å². The van der Waals surface area contributed by atoms with Crippen molar-refractivity contribution in [1.82, 2.24) is 5.32 Å². The van der Waals surface area contributed by atoms with E-state index in [2.05, 4.69) is 5.32 Å². The fourth-order valence-corrected chi connectivity index (χ4v) is 6.98. The first-order valence-electron chi connectivity index (χ1n) is 11.8. The Morgan fingerprint density at radius 1 is 1.13 bits per heavy atom. The molecular weight excluding hydrogens is 534 g/mol. The molecule has 1 N–H and O–H groups in total. The van der Waals surface area contributed by atoms with Crippen molar-refractivity contribution in [3.8, 4) is 23.0 Å². The second kappa shape index (κ2) is 10.4. The Balaban J connectivity index is 1.35. The zero-order valence-corrected chi connectivity index (χ0v) is 22.5. The minimum Gasteiger partial charge on any atom is -0.488 e. The third-order valence-electron chi connectivity index (χ3n) is 6.02. The van der Waals surface area contributed by atoms with Gasteiger partial charge < -0.3 is 28.4 Å². The van der Waals surface area contributed by atoms with Crippen LogP contribution in [0.15, 0.2) is 54.2 Å². The zero-order valence-electron chi connectivity index (χ0n) is 20.9. The highest BCUT2D eigenvalue weighted by Gasteiger charge is 2.31. The Morgan fingerprint density at radius 3 is 2.68 bits per heavy atom. The Morgan fingerprint density at radius 2 is 1.95 bits per heavy atom. The van der Waals surface area contributed by atoms with Gasteiger partial charge >= 0.3 is 11.6 Å². The average Bonchev–Trinajstić information content (AvgIpc) is 3.55. The molecule has 0 radical (unpaired) electrons. The van der Waals surface area contributed by atoms with Crippen LogP contribution in [-0.2, 0) is 26.0 Å². The number of hydrogen-bond donors (Lipinski definition) is 1. The van der Waals surface area contributed by atoms with E-state index >= 15 is 0 Å². The number of carbonyl (C=O) groups excluding carboxylic acids is 1. The molecule has 12 heteroatoms. The Labute approximate surface area is 222 Å². The van der Waals surface area contributed by atoms with Crippen LogP contribution in [0.1, 0.15) is 22.9 Å². The van der Waals surface area contributed by atoms with Crippen LogP contribution in [0, 0.1) is 13.8 Å². The molecule has 1 aliphatic rings. The van der Waals surface area contributed by atoms with E-state index in [1.807, 2.05) is 0 Å². The van der Waals surface area contributed by atoms with Crippen molar-refractivity contribution in [3.63, 3.8) is 0 Å². The summed E-state index contributed by atoms with van der Waals surface area (Å²) < 4.78 is 53.8. The number of furan rings is 1. The summed E-state index contributed by atoms with van der Waals surface area (Å²) in [5.41, 5.74) is -0.330. The smallest absolute Gasteiger partial charge is 0.343 e. The van der Waals surface area contributed by atoms with E-state index in [-0.39, 0.29) is 34.4 Å². The maximum atomic E-state index is 12.8. The first-order chi connectivity index (χ1) is 18.1. The van der Waals surface area contributed by atoms with Crippen LogP contribution in [0.25, 0.3) is 22.5 Å². The van der Waals surface area contributed by atoms with E-state index in [1.165, 1.54) is 13.8 Å². The van der Waals surface area contributed by atoms with E-state index in [0.29, 0.717) is 41.2 Å². The molecule has 38 heavy (non-hydrogen) atoms. The van der Waals surface area contributed by atoms with Gasteiger partial charge in [-0.25, -0.2) is 13.2 Å². The van der Waals surface area contributed by atoms with Crippen molar-refractivity contribution in [2.75, 3.05) is 19.7 Å². The molecule has 1 saturated heterocycles. The van der Waals surface area contributed by atoms with E-state index in [4.69, 9.17) is 23.0 Å². The average molecular weight is 560 g/mol. The van der Waals surface area contributed by atoms with E-state index in [0.717, 1.165) is 16.2 Å². The van der Waals surface area contributed by atoms with Gasteiger partial charge in [-0.3, -0.25) is 4.79 Å². The monoisotopic (exact) mass is 559 g/mol. The van der Waals surface area contributed by atoms with Gasteiger partial charge in [-0.2, -0.15) is 0 Å². The maximum absolute atomic E-state index is 12.8. The van der Waals surface area contributed by atoms with Gasteiger partial charge in [-0.15, -0.1) is 11.3 Å². The molecule has 200 valence electrons. The molecular formula is C26H25NO9S2. The summed E-state index contributed by atoms with van der Waals surface area (Å²) in [7, 11) is -3.59. The van der Waals surface area contributed by atoms with Gasteiger partial charge in [0.2, 0.25) is 9.84 Å². The molecule has 3 aromatic heterocycles. The van der Waals surface area contributed by atoms with Crippen molar-refractivity contribution in [1.29, 1.82) is 0 Å². The van der Waals surface area contributed by atoms with Crippen LogP contribution < -0.4 is 20.4 Å². The van der Waals surface area contributed by atoms with Crippen LogP contribution in [0.2, 0.25) is 0 Å². The number of morpholine rings is 1. The number of sulfone groups is 1. The number of thiophene rings is 1. The first kappa shape index (κ1) is 26.2. The fourth-order valence-electron chi connectivity index (χ4n) is 4.09. The van der Waals surface area contributed by atoms with E-state index in [9.17, 15) is 18.0 Å². The number of nitrogens with one attached hydrogen (secondary N) is 1. The molecule has 5 rings (SSSR count). The Kier molecular flexibility index (Phi) is 7.14. The highest BCUT2D eigenvalue weighted by molar-refractivity contribution is 7.94.